The Bertz CT molecular complexity index is 361. The molecule has 0 saturated heterocycles. The molecule has 0 spiro atoms. The van der Waals surface area contributed by atoms with E-state index in [0.717, 1.165) is 0 Å². The Labute approximate surface area is 90.2 Å². The maximum Gasteiger partial charge on any atom is 0.315 e. The van der Waals surface area contributed by atoms with Crippen molar-refractivity contribution in [3.63, 3.8) is 0 Å². The molecule has 5 heteroatoms. The van der Waals surface area contributed by atoms with Crippen molar-refractivity contribution in [1.29, 1.82) is 0 Å². The Balaban J connectivity index is 2.64. The van der Waals surface area contributed by atoms with E-state index in [4.69, 9.17) is 4.74 Å². The van der Waals surface area contributed by atoms with E-state index < -0.39 is 0 Å². The average Bonchev–Trinajstić information content (AvgIpc) is 2.20. The molecular formula is C10H12NO3P. The number of amides is 1. The number of carbonyl (C=O) groups excluding carboxylic acids is 2. The molecule has 80 valence electrons. The molecule has 1 aromatic carbocycles. The third-order valence-corrected chi connectivity index (χ3v) is 1.91. The first-order valence-corrected chi connectivity index (χ1v) is 5.22. The summed E-state index contributed by atoms with van der Waals surface area (Å²) in [5.74, 6) is 0.0218. The van der Waals surface area contributed by atoms with Crippen molar-refractivity contribution >= 4 is 26.8 Å². The van der Waals surface area contributed by atoms with Crippen molar-refractivity contribution in [3.05, 3.63) is 24.3 Å². The summed E-state index contributed by atoms with van der Waals surface area (Å²) in [4.78, 5) is 21.7. The minimum Gasteiger partial charge on any atom is -0.426 e. The smallest absolute Gasteiger partial charge is 0.315 e. The number of carbonyl (C=O) groups is 2. The van der Waals surface area contributed by atoms with Gasteiger partial charge >= 0.3 is 5.97 Å². The van der Waals surface area contributed by atoms with Crippen LogP contribution in [0.15, 0.2) is 24.3 Å². The zero-order chi connectivity index (χ0) is 11.3. The summed E-state index contributed by atoms with van der Waals surface area (Å²) in [7, 11) is 2.29. The van der Waals surface area contributed by atoms with Gasteiger partial charge in [-0.05, 0) is 24.3 Å². The lowest BCUT2D eigenvalue weighted by molar-refractivity contribution is -0.131. The minimum absolute atomic E-state index is 0.135. The summed E-state index contributed by atoms with van der Waals surface area (Å²) < 4.78 is 4.95. The summed E-state index contributed by atoms with van der Waals surface area (Å²) in [5, 5.41) is 2.62. The number of esters is 1. The monoisotopic (exact) mass is 225 g/mol. The highest BCUT2D eigenvalue weighted by molar-refractivity contribution is 7.18. The predicted octanol–water partition coefficient (Wildman–Crippen LogP) is 1.43. The van der Waals surface area contributed by atoms with Gasteiger partial charge in [0.1, 0.15) is 5.75 Å². The van der Waals surface area contributed by atoms with Gasteiger partial charge in [-0.1, -0.05) is 0 Å². The summed E-state index contributed by atoms with van der Waals surface area (Å²) >= 11 is 0. The van der Waals surface area contributed by atoms with E-state index in [-0.39, 0.29) is 18.0 Å². The highest BCUT2D eigenvalue weighted by atomic mass is 31.0. The number of ether oxygens (including phenoxy) is 1. The predicted molar refractivity (Wildman–Crippen MR) is 61.0 cm³/mol. The third-order valence-electron chi connectivity index (χ3n) is 1.57. The van der Waals surface area contributed by atoms with Gasteiger partial charge in [-0.25, -0.2) is 0 Å². The Morgan fingerprint density at radius 3 is 2.40 bits per heavy atom. The molecule has 0 aliphatic carbocycles. The maximum atomic E-state index is 10.9. The summed E-state index contributed by atoms with van der Waals surface area (Å²) in [6.45, 7) is 1.43. The van der Waals surface area contributed by atoms with Crippen molar-refractivity contribution in [3.8, 4) is 5.75 Å². The van der Waals surface area contributed by atoms with E-state index >= 15 is 0 Å². The number of hydrogen-bond acceptors (Lipinski definition) is 3. The second kappa shape index (κ2) is 5.47. The van der Waals surface area contributed by atoms with Gasteiger partial charge in [0.25, 0.3) is 0 Å². The van der Waals surface area contributed by atoms with Crippen LogP contribution in [0.1, 0.15) is 6.92 Å². The van der Waals surface area contributed by atoms with E-state index in [1.807, 2.05) is 0 Å². The van der Waals surface area contributed by atoms with E-state index in [1.54, 1.807) is 24.3 Å². The van der Waals surface area contributed by atoms with E-state index in [1.165, 1.54) is 6.92 Å². The number of benzene rings is 1. The Morgan fingerprint density at radius 2 is 1.93 bits per heavy atom. The quantitative estimate of drug-likeness (QED) is 0.481. The van der Waals surface area contributed by atoms with Gasteiger partial charge < -0.3 is 10.1 Å². The topological polar surface area (TPSA) is 55.4 Å². The van der Waals surface area contributed by atoms with Gasteiger partial charge in [-0.2, -0.15) is 0 Å². The van der Waals surface area contributed by atoms with Crippen LogP contribution in [0.3, 0.4) is 0 Å². The zero-order valence-electron chi connectivity index (χ0n) is 8.32. The number of nitrogens with one attached hydrogen (secondary N) is 1. The molecule has 1 aromatic rings. The normalized spacial score (nSPS) is 9.47. The molecule has 0 bridgehead atoms. The maximum absolute atomic E-state index is 10.9. The molecule has 0 fully saturated rings. The molecule has 1 amide bonds. The largest absolute Gasteiger partial charge is 0.426 e. The van der Waals surface area contributed by atoms with Crippen LogP contribution in [0.2, 0.25) is 0 Å². The Morgan fingerprint density at radius 1 is 1.33 bits per heavy atom. The minimum atomic E-state index is -0.313. The van der Waals surface area contributed by atoms with Crippen molar-refractivity contribution < 1.29 is 14.3 Å². The lowest BCUT2D eigenvalue weighted by Gasteiger charge is -2.04. The first-order chi connectivity index (χ1) is 7.11. The summed E-state index contributed by atoms with van der Waals surface area (Å²) in [6, 6.07) is 6.60. The van der Waals surface area contributed by atoms with Crippen molar-refractivity contribution in [2.24, 2.45) is 0 Å². The Kier molecular flexibility index (Phi) is 4.25. The SMILES string of the molecule is CC(=O)Nc1ccc(OC(=O)CP)cc1. The molecule has 15 heavy (non-hydrogen) atoms. The standard InChI is InChI=1S/C10H12NO3P/c1-7(12)11-8-2-4-9(5-3-8)14-10(13)6-15/h2-5H,6,15H2,1H3,(H,11,12). The van der Waals surface area contributed by atoms with E-state index in [0.29, 0.717) is 11.4 Å². The zero-order valence-corrected chi connectivity index (χ0v) is 9.47. The van der Waals surface area contributed by atoms with Crippen molar-refractivity contribution in [2.45, 2.75) is 6.92 Å². The van der Waals surface area contributed by atoms with E-state index in [2.05, 4.69) is 14.6 Å². The number of hydrogen-bond donors (Lipinski definition) is 1. The van der Waals surface area contributed by atoms with Crippen LogP contribution in [0.5, 0.6) is 5.75 Å². The molecule has 0 heterocycles. The van der Waals surface area contributed by atoms with E-state index in [9.17, 15) is 9.59 Å². The van der Waals surface area contributed by atoms with Crippen LogP contribution >= 0.6 is 9.24 Å². The first kappa shape index (κ1) is 11.7. The molecule has 1 N–H and O–H groups in total. The molecule has 0 radical (unpaired) electrons. The molecule has 1 unspecified atom stereocenters. The molecule has 0 aliphatic heterocycles. The van der Waals surface area contributed by atoms with Gasteiger partial charge in [0.2, 0.25) is 5.91 Å². The highest BCUT2D eigenvalue weighted by Crippen LogP contribution is 2.15. The van der Waals surface area contributed by atoms with Crippen LogP contribution in [0.4, 0.5) is 5.69 Å². The van der Waals surface area contributed by atoms with Crippen LogP contribution in [-0.4, -0.2) is 18.0 Å². The lowest BCUT2D eigenvalue weighted by Crippen LogP contribution is -2.09. The lowest BCUT2D eigenvalue weighted by atomic mass is 10.3. The molecule has 1 rings (SSSR count). The fraction of sp³-hybridized carbons (Fsp3) is 0.200. The highest BCUT2D eigenvalue weighted by Gasteiger charge is 2.01. The van der Waals surface area contributed by atoms with Gasteiger partial charge in [-0.15, -0.1) is 9.24 Å². The average molecular weight is 225 g/mol. The summed E-state index contributed by atoms with van der Waals surface area (Å²) in [5.41, 5.74) is 0.674. The molecular weight excluding hydrogens is 213 g/mol. The molecule has 0 saturated carbocycles. The fourth-order valence-electron chi connectivity index (χ4n) is 0.983. The molecule has 4 nitrogen and oxygen atoms in total. The van der Waals surface area contributed by atoms with Crippen LogP contribution < -0.4 is 10.1 Å². The van der Waals surface area contributed by atoms with Gasteiger partial charge in [-0.3, -0.25) is 9.59 Å². The van der Waals surface area contributed by atoms with Crippen molar-refractivity contribution in [1.82, 2.24) is 0 Å². The third kappa shape index (κ3) is 4.09. The second-order valence-corrected chi connectivity index (χ2v) is 3.29. The molecule has 0 aliphatic rings. The van der Waals surface area contributed by atoms with Gasteiger partial charge in [0.15, 0.2) is 0 Å². The fourth-order valence-corrected chi connectivity index (χ4v) is 1.07. The Hall–Kier alpha value is -1.41. The van der Waals surface area contributed by atoms with Crippen LogP contribution in [0, 0.1) is 0 Å². The van der Waals surface area contributed by atoms with Gasteiger partial charge in [0.05, 0.1) is 6.16 Å². The molecule has 1 atom stereocenters. The van der Waals surface area contributed by atoms with Crippen molar-refractivity contribution in [2.75, 3.05) is 11.5 Å². The number of anilines is 1. The first-order valence-electron chi connectivity index (χ1n) is 4.40. The second-order valence-electron chi connectivity index (χ2n) is 2.88. The summed E-state index contributed by atoms with van der Waals surface area (Å²) in [6.07, 6.45) is 0.257. The van der Waals surface area contributed by atoms with Crippen LogP contribution in [-0.2, 0) is 9.59 Å². The van der Waals surface area contributed by atoms with Crippen LogP contribution in [0.25, 0.3) is 0 Å². The van der Waals surface area contributed by atoms with Gasteiger partial charge in [0, 0.05) is 12.6 Å². The molecule has 0 aromatic heterocycles. The number of rotatable bonds is 3.